The number of nitrogens with zero attached hydrogens (tertiary/aromatic N) is 4. The van der Waals surface area contributed by atoms with Crippen LogP contribution in [0.5, 0.6) is 0 Å². The molecule has 0 aliphatic carbocycles. The molecule has 43 heavy (non-hydrogen) atoms. The van der Waals surface area contributed by atoms with Crippen molar-refractivity contribution >= 4 is 57.4 Å². The first kappa shape index (κ1) is 27.9. The Kier molecular flexibility index (Phi) is 7.48. The molecular weight excluding hydrogens is 562 g/mol. The molecule has 4 heterocycles. The van der Waals surface area contributed by atoms with Crippen LogP contribution in [0.3, 0.4) is 0 Å². The maximum Gasteiger partial charge on any atom is 0.294 e. The lowest BCUT2D eigenvalue weighted by Gasteiger charge is -2.27. The molecule has 15 nitrogen and oxygen atoms in total. The van der Waals surface area contributed by atoms with Crippen molar-refractivity contribution in [2.24, 2.45) is 0 Å². The summed E-state index contributed by atoms with van der Waals surface area (Å²) in [6.45, 7) is 0.306. The number of nitrogens with one attached hydrogen (secondary N) is 3. The minimum Gasteiger partial charge on any atom is -0.377 e. The molecule has 1 fully saturated rings. The van der Waals surface area contributed by atoms with Crippen LogP contribution in [0.15, 0.2) is 47.3 Å². The second-order valence-electron chi connectivity index (χ2n) is 9.87. The summed E-state index contributed by atoms with van der Waals surface area (Å²) in [5, 5.41) is 7.65. The third-order valence-corrected chi connectivity index (χ3v) is 7.07. The summed E-state index contributed by atoms with van der Waals surface area (Å²) in [6.07, 6.45) is 0.0282. The smallest absolute Gasteiger partial charge is 0.294 e. The van der Waals surface area contributed by atoms with Gasteiger partial charge in [-0.1, -0.05) is 18.2 Å². The van der Waals surface area contributed by atoms with Crippen LogP contribution in [0.4, 0.5) is 5.69 Å². The maximum absolute atomic E-state index is 13.1. The molecule has 2 aromatic heterocycles. The molecule has 0 saturated carbocycles. The lowest BCUT2D eigenvalue weighted by Crippen LogP contribution is -2.54. The minimum absolute atomic E-state index is 0.00247. The van der Waals surface area contributed by atoms with Crippen LogP contribution in [0.25, 0.3) is 22.2 Å². The van der Waals surface area contributed by atoms with Gasteiger partial charge in [0.05, 0.1) is 54.2 Å². The molecule has 4 aromatic rings. The molecule has 5 amide bonds. The number of ether oxygens (including phenoxy) is 2. The number of amides is 5. The summed E-state index contributed by atoms with van der Waals surface area (Å²) in [5.41, 5.74) is 1.75. The standard InChI is InChI=1S/C28H25N7O8/c36-20-9-8-19(25(38)32-20)35-26(39)15-4-3-7-18(22(15)27(35)40)29-21(37)14-43-13-12-42-11-10-34-28(41)23-24(33-34)31-17-6-2-1-5-16(17)30-23/h1-7,19H,8-14H2,(H,29,37)(H,31,33)(H,32,36,38). The van der Waals surface area contributed by atoms with Crippen LogP contribution in [0.1, 0.15) is 33.6 Å². The zero-order valence-electron chi connectivity index (χ0n) is 22.6. The van der Waals surface area contributed by atoms with Crippen molar-refractivity contribution < 1.29 is 33.4 Å². The Labute approximate surface area is 242 Å². The Bertz CT molecular complexity index is 1860. The van der Waals surface area contributed by atoms with Crippen molar-refractivity contribution in [1.82, 2.24) is 30.0 Å². The van der Waals surface area contributed by atoms with Crippen molar-refractivity contribution in [2.75, 3.05) is 31.7 Å². The summed E-state index contributed by atoms with van der Waals surface area (Å²) in [5.74, 6) is -3.15. The number of fused-ring (bicyclic) bond motifs is 3. The summed E-state index contributed by atoms with van der Waals surface area (Å²) in [6, 6.07) is 10.6. The molecule has 0 bridgehead atoms. The van der Waals surface area contributed by atoms with E-state index in [0.717, 1.165) is 4.90 Å². The topological polar surface area (TPSA) is 195 Å². The summed E-state index contributed by atoms with van der Waals surface area (Å²) < 4.78 is 12.2. The molecule has 1 saturated heterocycles. The number of aromatic amines is 1. The van der Waals surface area contributed by atoms with Gasteiger partial charge in [0.25, 0.3) is 17.4 Å². The first-order valence-electron chi connectivity index (χ1n) is 13.5. The Balaban J connectivity index is 0.971. The summed E-state index contributed by atoms with van der Waals surface area (Å²) >= 11 is 0. The number of anilines is 1. The van der Waals surface area contributed by atoms with Crippen molar-refractivity contribution in [3.05, 3.63) is 63.9 Å². The van der Waals surface area contributed by atoms with E-state index in [9.17, 15) is 28.8 Å². The Morgan fingerprint density at radius 2 is 1.70 bits per heavy atom. The maximum atomic E-state index is 13.1. The van der Waals surface area contributed by atoms with Gasteiger partial charge < -0.3 is 14.8 Å². The fourth-order valence-electron chi connectivity index (χ4n) is 5.04. The van der Waals surface area contributed by atoms with Gasteiger partial charge in [-0.15, -0.1) is 0 Å². The number of aromatic nitrogens is 4. The SMILES string of the molecule is O=C1CCC(N2C(=O)c3cccc(NC(=O)COCCOCCn4[nH]c5nc6ccccc6nc5c4=O)c3C2=O)C(=O)N1. The van der Waals surface area contributed by atoms with E-state index in [1.165, 1.54) is 22.9 Å². The molecule has 3 N–H and O–H groups in total. The summed E-state index contributed by atoms with van der Waals surface area (Å²) in [4.78, 5) is 84.6. The average Bonchev–Trinajstić information content (AvgIpc) is 3.43. The molecule has 2 aliphatic rings. The summed E-state index contributed by atoms with van der Waals surface area (Å²) in [7, 11) is 0. The van der Waals surface area contributed by atoms with E-state index < -0.39 is 35.6 Å². The number of carbonyl (C=O) groups excluding carboxylic acids is 5. The normalized spacial score (nSPS) is 16.7. The molecule has 1 unspecified atom stereocenters. The monoisotopic (exact) mass is 587 g/mol. The van der Waals surface area contributed by atoms with E-state index in [2.05, 4.69) is 25.7 Å². The fraction of sp³-hybridized carbons (Fsp3) is 0.286. The van der Waals surface area contributed by atoms with Crippen molar-refractivity contribution in [3.8, 4) is 0 Å². The van der Waals surface area contributed by atoms with Crippen LogP contribution >= 0.6 is 0 Å². The van der Waals surface area contributed by atoms with Crippen LogP contribution in [0, 0.1) is 0 Å². The highest BCUT2D eigenvalue weighted by molar-refractivity contribution is 6.26. The van der Waals surface area contributed by atoms with Gasteiger partial charge in [-0.2, -0.15) is 0 Å². The molecule has 0 radical (unpaired) electrons. The van der Waals surface area contributed by atoms with Crippen LogP contribution < -0.4 is 16.2 Å². The molecule has 2 aromatic carbocycles. The first-order chi connectivity index (χ1) is 20.8. The van der Waals surface area contributed by atoms with E-state index in [4.69, 9.17) is 9.47 Å². The van der Waals surface area contributed by atoms with E-state index in [0.29, 0.717) is 16.7 Å². The molecule has 0 spiro atoms. The number of piperidine rings is 1. The zero-order valence-corrected chi connectivity index (χ0v) is 22.6. The average molecular weight is 588 g/mol. The van der Waals surface area contributed by atoms with Crippen molar-refractivity contribution in [3.63, 3.8) is 0 Å². The van der Waals surface area contributed by atoms with Gasteiger partial charge in [0.2, 0.25) is 17.7 Å². The molecule has 2 aliphatic heterocycles. The third kappa shape index (κ3) is 5.38. The lowest BCUT2D eigenvalue weighted by molar-refractivity contribution is -0.136. The molecular formula is C28H25N7O8. The fourth-order valence-corrected chi connectivity index (χ4v) is 5.04. The second-order valence-corrected chi connectivity index (χ2v) is 9.87. The minimum atomic E-state index is -1.11. The Morgan fingerprint density at radius 3 is 2.49 bits per heavy atom. The predicted molar refractivity (Wildman–Crippen MR) is 149 cm³/mol. The highest BCUT2D eigenvalue weighted by Gasteiger charge is 2.45. The number of para-hydroxylation sites is 2. The second kappa shape index (κ2) is 11.5. The van der Waals surface area contributed by atoms with Crippen LogP contribution in [-0.4, -0.2) is 86.7 Å². The lowest BCUT2D eigenvalue weighted by atomic mass is 10.0. The number of hydrogen-bond donors (Lipinski definition) is 3. The van der Waals surface area contributed by atoms with Crippen LogP contribution in [0.2, 0.25) is 0 Å². The van der Waals surface area contributed by atoms with E-state index in [-0.39, 0.29) is 73.7 Å². The van der Waals surface area contributed by atoms with E-state index in [1.807, 2.05) is 18.2 Å². The van der Waals surface area contributed by atoms with Crippen LogP contribution in [-0.2, 0) is 30.4 Å². The quantitative estimate of drug-likeness (QED) is 0.172. The highest BCUT2D eigenvalue weighted by atomic mass is 16.5. The van der Waals surface area contributed by atoms with Gasteiger partial charge in [0.15, 0.2) is 11.2 Å². The molecule has 220 valence electrons. The van der Waals surface area contributed by atoms with E-state index >= 15 is 0 Å². The number of carbonyl (C=O) groups is 5. The van der Waals surface area contributed by atoms with Gasteiger partial charge in [0.1, 0.15) is 12.6 Å². The van der Waals surface area contributed by atoms with Crippen molar-refractivity contribution in [2.45, 2.75) is 25.4 Å². The van der Waals surface area contributed by atoms with Crippen molar-refractivity contribution in [1.29, 1.82) is 0 Å². The third-order valence-electron chi connectivity index (χ3n) is 7.07. The number of H-pyrrole nitrogens is 1. The molecule has 15 heteroatoms. The van der Waals surface area contributed by atoms with Gasteiger partial charge in [0, 0.05) is 6.42 Å². The zero-order chi connectivity index (χ0) is 30.1. The highest BCUT2D eigenvalue weighted by Crippen LogP contribution is 2.32. The molecule has 1 atom stereocenters. The van der Waals surface area contributed by atoms with Gasteiger partial charge in [-0.05, 0) is 30.7 Å². The van der Waals surface area contributed by atoms with Gasteiger partial charge >= 0.3 is 0 Å². The van der Waals surface area contributed by atoms with Gasteiger partial charge in [-0.25, -0.2) is 14.6 Å². The van der Waals surface area contributed by atoms with E-state index in [1.54, 1.807) is 6.07 Å². The number of benzene rings is 2. The largest absolute Gasteiger partial charge is 0.377 e. The Morgan fingerprint density at radius 1 is 0.930 bits per heavy atom. The number of imide groups is 2. The Hall–Kier alpha value is -5.28. The molecule has 6 rings (SSSR count). The predicted octanol–water partition coefficient (Wildman–Crippen LogP) is 0.346. The number of hydrogen-bond acceptors (Lipinski definition) is 10. The van der Waals surface area contributed by atoms with Gasteiger partial charge in [-0.3, -0.25) is 44.1 Å². The number of rotatable bonds is 10. The first-order valence-corrected chi connectivity index (χ1v) is 13.5.